The zero-order chi connectivity index (χ0) is 21.1. The highest BCUT2D eigenvalue weighted by Gasteiger charge is 2.32. The molecule has 0 saturated heterocycles. The number of rotatable bonds is 6. The highest BCUT2D eigenvalue weighted by Crippen LogP contribution is 2.32. The summed E-state index contributed by atoms with van der Waals surface area (Å²) in [6.45, 7) is 1.80. The van der Waals surface area contributed by atoms with Gasteiger partial charge < -0.3 is 9.64 Å². The maximum atomic E-state index is 12.7. The fourth-order valence-corrected chi connectivity index (χ4v) is 2.85. The second kappa shape index (κ2) is 8.51. The Bertz CT molecular complexity index is 819. The van der Waals surface area contributed by atoms with Crippen molar-refractivity contribution >= 4 is 17.3 Å². The number of anilines is 1. The molecule has 2 rings (SSSR count). The zero-order valence-electron chi connectivity index (χ0n) is 15.1. The standard InChI is InChI=1S/C19H18ClF6NO/c1-3-12-4-5-13(17(8-12)28-19(24,25)26)11-27(2)15-6-7-16(20)14(9-15)10-18(21,22)23/h4-9H,3,10-11H2,1-2H3. The lowest BCUT2D eigenvalue weighted by atomic mass is 10.1. The Balaban J connectivity index is 2.29. The molecule has 0 aromatic heterocycles. The topological polar surface area (TPSA) is 12.5 Å². The molecule has 0 aliphatic carbocycles. The van der Waals surface area contributed by atoms with E-state index in [2.05, 4.69) is 4.74 Å². The number of benzene rings is 2. The van der Waals surface area contributed by atoms with E-state index in [1.165, 1.54) is 35.2 Å². The van der Waals surface area contributed by atoms with Gasteiger partial charge in [-0.05, 0) is 41.8 Å². The number of aryl methyl sites for hydroxylation is 1. The number of alkyl halides is 6. The van der Waals surface area contributed by atoms with Gasteiger partial charge in [-0.3, -0.25) is 0 Å². The van der Waals surface area contributed by atoms with E-state index in [1.54, 1.807) is 20.0 Å². The molecule has 0 radical (unpaired) electrons. The highest BCUT2D eigenvalue weighted by molar-refractivity contribution is 6.31. The Labute approximate surface area is 163 Å². The molecule has 154 valence electrons. The Hall–Kier alpha value is -2.09. The van der Waals surface area contributed by atoms with E-state index in [0.29, 0.717) is 17.7 Å². The largest absolute Gasteiger partial charge is 0.573 e. The van der Waals surface area contributed by atoms with E-state index in [9.17, 15) is 26.3 Å². The molecule has 2 aromatic rings. The van der Waals surface area contributed by atoms with Crippen molar-refractivity contribution in [3.05, 3.63) is 58.1 Å². The summed E-state index contributed by atoms with van der Waals surface area (Å²) in [5, 5.41) is -0.0251. The van der Waals surface area contributed by atoms with Crippen LogP contribution in [0.1, 0.15) is 23.6 Å². The molecule has 0 aliphatic rings. The molecule has 0 amide bonds. The Kier molecular flexibility index (Phi) is 6.75. The van der Waals surface area contributed by atoms with Crippen LogP contribution in [0.15, 0.2) is 36.4 Å². The summed E-state index contributed by atoms with van der Waals surface area (Å²) < 4.78 is 80.3. The molecule has 0 N–H and O–H groups in total. The minimum atomic E-state index is -4.85. The summed E-state index contributed by atoms with van der Waals surface area (Å²) >= 11 is 5.83. The average molecular weight is 426 g/mol. The molecular formula is C19H18ClF6NO. The summed E-state index contributed by atoms with van der Waals surface area (Å²) in [5.74, 6) is -0.330. The van der Waals surface area contributed by atoms with Crippen LogP contribution in [-0.2, 0) is 19.4 Å². The number of hydrogen-bond donors (Lipinski definition) is 0. The van der Waals surface area contributed by atoms with Gasteiger partial charge in [0.25, 0.3) is 0 Å². The summed E-state index contributed by atoms with van der Waals surface area (Å²) in [6.07, 6.45) is -9.94. The number of nitrogens with zero attached hydrogens (tertiary/aromatic N) is 1. The smallest absolute Gasteiger partial charge is 0.405 e. The number of halogens is 7. The molecule has 0 fully saturated rings. The molecule has 0 heterocycles. The highest BCUT2D eigenvalue weighted by atomic mass is 35.5. The van der Waals surface area contributed by atoms with Crippen LogP contribution in [0, 0.1) is 0 Å². The van der Waals surface area contributed by atoms with Gasteiger partial charge in [-0.15, -0.1) is 13.2 Å². The van der Waals surface area contributed by atoms with Crippen molar-refractivity contribution in [1.29, 1.82) is 0 Å². The van der Waals surface area contributed by atoms with Crippen molar-refractivity contribution in [2.75, 3.05) is 11.9 Å². The average Bonchev–Trinajstić information content (AvgIpc) is 2.55. The first-order valence-electron chi connectivity index (χ1n) is 8.32. The van der Waals surface area contributed by atoms with Gasteiger partial charge in [0.1, 0.15) is 5.75 Å². The van der Waals surface area contributed by atoms with Gasteiger partial charge in [0, 0.05) is 29.9 Å². The maximum Gasteiger partial charge on any atom is 0.573 e. The van der Waals surface area contributed by atoms with Crippen LogP contribution in [0.25, 0.3) is 0 Å². The van der Waals surface area contributed by atoms with Gasteiger partial charge in [0.2, 0.25) is 0 Å². The van der Waals surface area contributed by atoms with E-state index in [-0.39, 0.29) is 28.4 Å². The first-order chi connectivity index (χ1) is 12.9. The van der Waals surface area contributed by atoms with Crippen molar-refractivity contribution in [2.45, 2.75) is 38.8 Å². The van der Waals surface area contributed by atoms with E-state index in [4.69, 9.17) is 11.6 Å². The minimum absolute atomic E-state index is 0.00248. The summed E-state index contributed by atoms with van der Waals surface area (Å²) in [4.78, 5) is 1.53. The van der Waals surface area contributed by atoms with Crippen LogP contribution in [0.5, 0.6) is 5.75 Å². The lowest BCUT2D eigenvalue weighted by Gasteiger charge is -2.23. The van der Waals surface area contributed by atoms with Crippen molar-refractivity contribution in [3.63, 3.8) is 0 Å². The van der Waals surface area contributed by atoms with Gasteiger partial charge in [0.15, 0.2) is 0 Å². The van der Waals surface area contributed by atoms with E-state index < -0.39 is 19.0 Å². The van der Waals surface area contributed by atoms with Crippen LogP contribution in [0.4, 0.5) is 32.0 Å². The van der Waals surface area contributed by atoms with Crippen molar-refractivity contribution in [3.8, 4) is 5.75 Å². The van der Waals surface area contributed by atoms with Crippen LogP contribution in [0.3, 0.4) is 0 Å². The van der Waals surface area contributed by atoms with Crippen LogP contribution in [-0.4, -0.2) is 19.6 Å². The Morgan fingerprint density at radius 1 is 0.964 bits per heavy atom. The third-order valence-corrected chi connectivity index (χ3v) is 4.40. The van der Waals surface area contributed by atoms with Crippen LogP contribution in [0.2, 0.25) is 5.02 Å². The van der Waals surface area contributed by atoms with Crippen molar-refractivity contribution < 1.29 is 31.1 Å². The quantitative estimate of drug-likeness (QED) is 0.487. The predicted molar refractivity (Wildman–Crippen MR) is 95.8 cm³/mol. The van der Waals surface area contributed by atoms with Gasteiger partial charge in [-0.25, -0.2) is 0 Å². The molecule has 9 heteroatoms. The van der Waals surface area contributed by atoms with Crippen LogP contribution >= 0.6 is 11.6 Å². The third-order valence-electron chi connectivity index (χ3n) is 4.03. The van der Waals surface area contributed by atoms with Crippen molar-refractivity contribution in [2.24, 2.45) is 0 Å². The summed E-state index contributed by atoms with van der Waals surface area (Å²) in [7, 11) is 1.56. The lowest BCUT2D eigenvalue weighted by molar-refractivity contribution is -0.274. The molecule has 0 aliphatic heterocycles. The molecule has 2 nitrogen and oxygen atoms in total. The monoisotopic (exact) mass is 425 g/mol. The first kappa shape index (κ1) is 22.2. The first-order valence-corrected chi connectivity index (χ1v) is 8.69. The number of hydrogen-bond acceptors (Lipinski definition) is 2. The fraction of sp³-hybridized carbons (Fsp3) is 0.368. The van der Waals surface area contributed by atoms with Gasteiger partial charge in [-0.2, -0.15) is 13.2 Å². The fourth-order valence-electron chi connectivity index (χ4n) is 2.67. The zero-order valence-corrected chi connectivity index (χ0v) is 15.8. The SMILES string of the molecule is CCc1ccc(CN(C)c2ccc(Cl)c(CC(F)(F)F)c2)c(OC(F)(F)F)c1. The van der Waals surface area contributed by atoms with E-state index >= 15 is 0 Å². The Morgan fingerprint density at radius 2 is 1.64 bits per heavy atom. The molecule has 28 heavy (non-hydrogen) atoms. The van der Waals surface area contributed by atoms with Gasteiger partial charge in [0.05, 0.1) is 6.42 Å². The van der Waals surface area contributed by atoms with Gasteiger partial charge in [-0.1, -0.05) is 30.7 Å². The van der Waals surface area contributed by atoms with Crippen molar-refractivity contribution in [1.82, 2.24) is 0 Å². The summed E-state index contributed by atoms with van der Waals surface area (Å²) in [6, 6.07) is 8.63. The Morgan fingerprint density at radius 3 is 2.21 bits per heavy atom. The second-order valence-corrected chi connectivity index (χ2v) is 6.67. The molecule has 0 spiro atoms. The molecule has 0 atom stereocenters. The summed E-state index contributed by atoms with van der Waals surface area (Å²) in [5.41, 5.74) is 1.21. The molecular weight excluding hydrogens is 408 g/mol. The lowest BCUT2D eigenvalue weighted by Crippen LogP contribution is -2.21. The van der Waals surface area contributed by atoms with E-state index in [1.807, 2.05) is 0 Å². The second-order valence-electron chi connectivity index (χ2n) is 6.27. The predicted octanol–water partition coefficient (Wildman–Crippen LogP) is 6.54. The molecule has 2 aromatic carbocycles. The van der Waals surface area contributed by atoms with Gasteiger partial charge >= 0.3 is 12.5 Å². The molecule has 0 unspecified atom stereocenters. The number of ether oxygens (including phenoxy) is 1. The molecule has 0 bridgehead atoms. The van der Waals surface area contributed by atoms with E-state index in [0.717, 1.165) is 0 Å². The normalized spacial score (nSPS) is 12.2. The molecule has 0 saturated carbocycles. The third kappa shape index (κ3) is 6.51. The minimum Gasteiger partial charge on any atom is -0.405 e. The van der Waals surface area contributed by atoms with Crippen LogP contribution < -0.4 is 9.64 Å². The maximum absolute atomic E-state index is 12.7.